The zero-order chi connectivity index (χ0) is 18.0. The van der Waals surface area contributed by atoms with Crippen LogP contribution in [-0.2, 0) is 31.8 Å². The Kier molecular flexibility index (Phi) is 5.14. The molecule has 9 nitrogen and oxygen atoms in total. The molecule has 1 fully saturated rings. The number of morpholine rings is 1. The van der Waals surface area contributed by atoms with E-state index in [0.29, 0.717) is 31.2 Å². The molecule has 25 heavy (non-hydrogen) atoms. The molecule has 136 valence electrons. The van der Waals surface area contributed by atoms with E-state index >= 15 is 0 Å². The van der Waals surface area contributed by atoms with Crippen LogP contribution >= 0.6 is 0 Å². The third-order valence-corrected chi connectivity index (χ3v) is 4.49. The highest BCUT2D eigenvalue weighted by Gasteiger charge is 2.26. The minimum absolute atomic E-state index is 0.209. The Morgan fingerprint density at radius 3 is 2.88 bits per heavy atom. The number of nitrogens with one attached hydrogen (secondary N) is 1. The largest absolute Gasteiger partial charge is 0.367 e. The maximum Gasteiger partial charge on any atom is 0.330 e. The van der Waals surface area contributed by atoms with E-state index in [1.807, 2.05) is 0 Å². The van der Waals surface area contributed by atoms with Crippen LogP contribution in [0.2, 0.25) is 0 Å². The number of H-pyrrole nitrogens is 1. The van der Waals surface area contributed by atoms with Crippen LogP contribution in [0.3, 0.4) is 0 Å². The molecular formula is C16H24N6O3. The van der Waals surface area contributed by atoms with Gasteiger partial charge in [0.15, 0.2) is 5.82 Å². The fourth-order valence-corrected chi connectivity index (χ4v) is 2.96. The normalized spacial score (nSPS) is 18.6. The van der Waals surface area contributed by atoms with Crippen molar-refractivity contribution in [3.8, 4) is 0 Å². The summed E-state index contributed by atoms with van der Waals surface area (Å²) in [5, 5.41) is 7.21. The van der Waals surface area contributed by atoms with Gasteiger partial charge in [0.2, 0.25) is 0 Å². The van der Waals surface area contributed by atoms with E-state index in [-0.39, 0.29) is 17.4 Å². The molecule has 2 aromatic rings. The Labute approximate surface area is 145 Å². The maximum absolute atomic E-state index is 12.1. The van der Waals surface area contributed by atoms with Crippen LogP contribution in [0.15, 0.2) is 15.7 Å². The first-order chi connectivity index (χ1) is 12.0. The van der Waals surface area contributed by atoms with Gasteiger partial charge in [-0.05, 0) is 6.42 Å². The van der Waals surface area contributed by atoms with Gasteiger partial charge in [0.1, 0.15) is 11.9 Å². The molecule has 0 bridgehead atoms. The number of aromatic nitrogens is 5. The summed E-state index contributed by atoms with van der Waals surface area (Å²) in [4.78, 5) is 30.6. The van der Waals surface area contributed by atoms with E-state index < -0.39 is 0 Å². The van der Waals surface area contributed by atoms with Crippen molar-refractivity contribution in [1.29, 1.82) is 0 Å². The first-order valence-corrected chi connectivity index (χ1v) is 8.50. The van der Waals surface area contributed by atoms with Gasteiger partial charge in [-0.2, -0.15) is 5.10 Å². The van der Waals surface area contributed by atoms with E-state index in [4.69, 9.17) is 4.74 Å². The zero-order valence-corrected chi connectivity index (χ0v) is 14.9. The number of hydrogen-bond acceptors (Lipinski definition) is 6. The molecule has 0 spiro atoms. The van der Waals surface area contributed by atoms with Gasteiger partial charge in [-0.15, -0.1) is 0 Å². The van der Waals surface area contributed by atoms with Crippen molar-refractivity contribution in [2.45, 2.75) is 32.4 Å². The number of hydrogen-bond donors (Lipinski definition) is 1. The second-order valence-electron chi connectivity index (χ2n) is 6.36. The molecular weight excluding hydrogens is 324 g/mol. The molecule has 1 saturated heterocycles. The summed E-state index contributed by atoms with van der Waals surface area (Å²) in [6.07, 6.45) is 1.65. The minimum Gasteiger partial charge on any atom is -0.367 e. The Morgan fingerprint density at radius 2 is 2.12 bits per heavy atom. The second-order valence-corrected chi connectivity index (χ2v) is 6.36. The zero-order valence-electron chi connectivity index (χ0n) is 14.9. The maximum atomic E-state index is 12.1. The average molecular weight is 348 g/mol. The Hall–Kier alpha value is -2.26. The van der Waals surface area contributed by atoms with Crippen LogP contribution in [0.4, 0.5) is 0 Å². The van der Waals surface area contributed by atoms with Gasteiger partial charge >= 0.3 is 5.69 Å². The van der Waals surface area contributed by atoms with E-state index in [2.05, 4.69) is 27.0 Å². The smallest absolute Gasteiger partial charge is 0.330 e. The number of ether oxygens (including phenoxy) is 1. The van der Waals surface area contributed by atoms with Gasteiger partial charge in [-0.25, -0.2) is 9.78 Å². The van der Waals surface area contributed by atoms with Gasteiger partial charge < -0.3 is 4.74 Å². The van der Waals surface area contributed by atoms with Crippen molar-refractivity contribution in [3.05, 3.63) is 44.2 Å². The molecule has 1 N–H and O–H groups in total. The quantitative estimate of drug-likeness (QED) is 0.799. The highest BCUT2D eigenvalue weighted by atomic mass is 16.5. The van der Waals surface area contributed by atoms with Crippen molar-refractivity contribution in [1.82, 2.24) is 29.2 Å². The van der Waals surface area contributed by atoms with Gasteiger partial charge in [0, 0.05) is 51.9 Å². The topological polar surface area (TPSA) is 98.0 Å². The van der Waals surface area contributed by atoms with E-state index in [9.17, 15) is 9.59 Å². The SMILES string of the molecule is CCCc1nc([C@@H]2CN(Cc3cc(=O)n(C)c(=O)n3C)CCO2)n[nH]1. The summed E-state index contributed by atoms with van der Waals surface area (Å²) in [5.74, 6) is 1.53. The molecule has 0 amide bonds. The lowest BCUT2D eigenvalue weighted by atomic mass is 10.2. The lowest BCUT2D eigenvalue weighted by Gasteiger charge is -2.31. The summed E-state index contributed by atoms with van der Waals surface area (Å²) >= 11 is 0. The minimum atomic E-state index is -0.314. The molecule has 0 saturated carbocycles. The first-order valence-electron chi connectivity index (χ1n) is 8.50. The van der Waals surface area contributed by atoms with E-state index in [1.54, 1.807) is 7.05 Å². The molecule has 0 aromatic carbocycles. The van der Waals surface area contributed by atoms with Crippen molar-refractivity contribution in [2.24, 2.45) is 14.1 Å². The first kappa shape index (κ1) is 17.6. The van der Waals surface area contributed by atoms with Gasteiger partial charge in [0.05, 0.1) is 6.61 Å². The molecule has 0 radical (unpaired) electrons. The number of nitrogens with zero attached hydrogens (tertiary/aromatic N) is 5. The molecule has 0 unspecified atom stereocenters. The van der Waals surface area contributed by atoms with Crippen LogP contribution in [0.5, 0.6) is 0 Å². The molecule has 3 rings (SSSR count). The summed E-state index contributed by atoms with van der Waals surface area (Å²) < 4.78 is 8.42. The van der Waals surface area contributed by atoms with Gasteiger partial charge in [0.25, 0.3) is 5.56 Å². The predicted octanol–water partition coefficient (Wildman–Crippen LogP) is -0.272. The summed E-state index contributed by atoms with van der Waals surface area (Å²) in [6.45, 7) is 4.50. The Bertz CT molecular complexity index is 852. The third-order valence-electron chi connectivity index (χ3n) is 4.49. The van der Waals surface area contributed by atoms with Crippen molar-refractivity contribution >= 4 is 0 Å². The van der Waals surface area contributed by atoms with Gasteiger partial charge in [-0.3, -0.25) is 23.9 Å². The second kappa shape index (κ2) is 7.32. The highest BCUT2D eigenvalue weighted by molar-refractivity contribution is 5.03. The molecule has 3 heterocycles. The number of aryl methyl sites for hydroxylation is 1. The van der Waals surface area contributed by atoms with Gasteiger partial charge in [-0.1, -0.05) is 6.92 Å². The summed E-state index contributed by atoms with van der Waals surface area (Å²) in [5.41, 5.74) is 0.0852. The molecule has 1 aliphatic heterocycles. The highest BCUT2D eigenvalue weighted by Crippen LogP contribution is 2.20. The van der Waals surface area contributed by atoms with Crippen molar-refractivity contribution in [2.75, 3.05) is 19.7 Å². The molecule has 1 aliphatic rings. The van der Waals surface area contributed by atoms with Crippen LogP contribution in [-0.4, -0.2) is 48.9 Å². The average Bonchev–Trinajstić information content (AvgIpc) is 3.07. The van der Waals surface area contributed by atoms with Crippen LogP contribution in [0.25, 0.3) is 0 Å². The van der Waals surface area contributed by atoms with Crippen molar-refractivity contribution in [3.63, 3.8) is 0 Å². The van der Waals surface area contributed by atoms with Crippen LogP contribution in [0.1, 0.15) is 36.8 Å². The fourth-order valence-electron chi connectivity index (χ4n) is 2.96. The van der Waals surface area contributed by atoms with E-state index in [1.165, 1.54) is 17.7 Å². The lowest BCUT2D eigenvalue weighted by molar-refractivity contribution is -0.0377. The number of aromatic amines is 1. The standard InChI is InChI=1S/C16H24N6O3/c1-4-5-13-17-15(19-18-13)12-10-22(6-7-25-12)9-11-8-14(23)21(3)16(24)20(11)2/h8,12H,4-7,9-10H2,1-3H3,(H,17,18,19)/t12-/m0/s1. The fraction of sp³-hybridized carbons (Fsp3) is 0.625. The summed E-state index contributed by atoms with van der Waals surface area (Å²) in [7, 11) is 3.16. The molecule has 1 atom stereocenters. The lowest BCUT2D eigenvalue weighted by Crippen LogP contribution is -2.42. The number of rotatable bonds is 5. The Balaban J connectivity index is 1.74. The predicted molar refractivity (Wildman–Crippen MR) is 91.3 cm³/mol. The molecule has 2 aromatic heterocycles. The molecule has 0 aliphatic carbocycles. The monoisotopic (exact) mass is 348 g/mol. The third kappa shape index (κ3) is 3.72. The molecule has 9 heteroatoms. The van der Waals surface area contributed by atoms with E-state index in [0.717, 1.165) is 29.8 Å². The summed E-state index contributed by atoms with van der Waals surface area (Å²) in [6, 6.07) is 1.51. The van der Waals surface area contributed by atoms with Crippen molar-refractivity contribution < 1.29 is 4.74 Å². The van der Waals surface area contributed by atoms with Crippen LogP contribution < -0.4 is 11.2 Å². The Morgan fingerprint density at radius 1 is 1.32 bits per heavy atom. The van der Waals surface area contributed by atoms with Crippen LogP contribution in [0, 0.1) is 0 Å².